The molecule has 0 spiro atoms. The fourth-order valence-corrected chi connectivity index (χ4v) is 3.44. The van der Waals surface area contributed by atoms with E-state index in [0.29, 0.717) is 13.1 Å². The Balaban J connectivity index is 2.08. The molecule has 104 valence electrons. The first-order valence-electron chi connectivity index (χ1n) is 6.29. The van der Waals surface area contributed by atoms with Crippen molar-refractivity contribution in [3.8, 4) is 5.69 Å². The number of halogens is 1. The van der Waals surface area contributed by atoms with Crippen LogP contribution in [-0.2, 0) is 13.1 Å². The SMILES string of the molecule is Cc1cccc(C)c1-n1nc2c(c1I)CN(C(=O)O)C2. The van der Waals surface area contributed by atoms with Crippen molar-refractivity contribution >= 4 is 28.7 Å². The number of aryl methyl sites for hydroxylation is 2. The van der Waals surface area contributed by atoms with E-state index in [4.69, 9.17) is 5.11 Å². The number of benzene rings is 1. The number of carbonyl (C=O) groups is 1. The molecule has 20 heavy (non-hydrogen) atoms. The summed E-state index contributed by atoms with van der Waals surface area (Å²) in [6.45, 7) is 4.93. The van der Waals surface area contributed by atoms with Gasteiger partial charge >= 0.3 is 6.09 Å². The molecule has 1 aliphatic rings. The molecule has 1 aromatic heterocycles. The summed E-state index contributed by atoms with van der Waals surface area (Å²) >= 11 is 2.25. The van der Waals surface area contributed by atoms with E-state index in [2.05, 4.69) is 53.7 Å². The Morgan fingerprint density at radius 3 is 2.50 bits per heavy atom. The molecular formula is C14H14IN3O2. The molecule has 2 aromatic rings. The molecule has 0 atom stereocenters. The third-order valence-corrected chi connectivity index (χ3v) is 4.72. The minimum absolute atomic E-state index is 0.374. The Morgan fingerprint density at radius 1 is 1.30 bits per heavy atom. The summed E-state index contributed by atoms with van der Waals surface area (Å²) in [5.74, 6) is 0. The summed E-state index contributed by atoms with van der Waals surface area (Å²) in [4.78, 5) is 12.4. The van der Waals surface area contributed by atoms with Gasteiger partial charge in [-0.3, -0.25) is 4.90 Å². The smallest absolute Gasteiger partial charge is 0.407 e. The highest BCUT2D eigenvalue weighted by Gasteiger charge is 2.30. The molecule has 0 saturated carbocycles. The van der Waals surface area contributed by atoms with Crippen LogP contribution in [-0.4, -0.2) is 25.9 Å². The highest BCUT2D eigenvalue weighted by atomic mass is 127. The number of nitrogens with zero attached hydrogens (tertiary/aromatic N) is 3. The number of fused-ring (bicyclic) bond motifs is 1. The van der Waals surface area contributed by atoms with Crippen molar-refractivity contribution < 1.29 is 9.90 Å². The molecular weight excluding hydrogens is 369 g/mol. The summed E-state index contributed by atoms with van der Waals surface area (Å²) in [5, 5.41) is 13.7. The van der Waals surface area contributed by atoms with Crippen molar-refractivity contribution in [1.29, 1.82) is 0 Å². The highest BCUT2D eigenvalue weighted by Crippen LogP contribution is 2.30. The zero-order valence-corrected chi connectivity index (χ0v) is 13.4. The predicted molar refractivity (Wildman–Crippen MR) is 83.0 cm³/mol. The molecule has 2 heterocycles. The van der Waals surface area contributed by atoms with Gasteiger partial charge in [0.25, 0.3) is 0 Å². The average molecular weight is 383 g/mol. The molecule has 0 bridgehead atoms. The van der Waals surface area contributed by atoms with Crippen LogP contribution in [0.2, 0.25) is 0 Å². The van der Waals surface area contributed by atoms with Gasteiger partial charge in [0.15, 0.2) is 0 Å². The van der Waals surface area contributed by atoms with Gasteiger partial charge in [0.2, 0.25) is 0 Å². The second kappa shape index (κ2) is 4.76. The average Bonchev–Trinajstić information content (AvgIpc) is 2.91. The van der Waals surface area contributed by atoms with E-state index < -0.39 is 6.09 Å². The number of rotatable bonds is 1. The van der Waals surface area contributed by atoms with Crippen molar-refractivity contribution in [3.63, 3.8) is 0 Å². The lowest BCUT2D eigenvalue weighted by Crippen LogP contribution is -2.24. The number of carboxylic acid groups (broad SMARTS) is 1. The van der Waals surface area contributed by atoms with Gasteiger partial charge in [0, 0.05) is 5.56 Å². The van der Waals surface area contributed by atoms with E-state index >= 15 is 0 Å². The van der Waals surface area contributed by atoms with Gasteiger partial charge in [-0.2, -0.15) is 5.10 Å². The van der Waals surface area contributed by atoms with Crippen molar-refractivity contribution in [3.05, 3.63) is 44.3 Å². The highest BCUT2D eigenvalue weighted by molar-refractivity contribution is 14.1. The summed E-state index contributed by atoms with van der Waals surface area (Å²) in [6.07, 6.45) is -0.891. The number of amides is 1. The first-order valence-corrected chi connectivity index (χ1v) is 7.37. The maximum atomic E-state index is 11.0. The summed E-state index contributed by atoms with van der Waals surface area (Å²) in [7, 11) is 0. The zero-order valence-electron chi connectivity index (χ0n) is 11.2. The third kappa shape index (κ3) is 1.98. The molecule has 1 N–H and O–H groups in total. The number of aromatic nitrogens is 2. The standard InChI is InChI=1S/C14H14IN3O2/c1-8-4-3-5-9(2)12(8)18-13(15)10-6-17(14(19)20)7-11(10)16-18/h3-5H,6-7H2,1-2H3,(H,19,20). The molecule has 0 radical (unpaired) electrons. The second-order valence-electron chi connectivity index (χ2n) is 5.01. The molecule has 6 heteroatoms. The lowest BCUT2D eigenvalue weighted by Gasteiger charge is -2.14. The van der Waals surface area contributed by atoms with Crippen LogP contribution < -0.4 is 0 Å². The predicted octanol–water partition coefficient (Wildman–Crippen LogP) is 3.09. The molecule has 0 unspecified atom stereocenters. The normalized spacial score (nSPS) is 13.7. The lowest BCUT2D eigenvalue weighted by molar-refractivity contribution is 0.144. The molecule has 1 amide bonds. The Bertz CT molecular complexity index is 688. The molecule has 5 nitrogen and oxygen atoms in total. The quantitative estimate of drug-likeness (QED) is 0.771. The molecule has 1 aliphatic heterocycles. The first kappa shape index (κ1) is 13.4. The van der Waals surface area contributed by atoms with Gasteiger partial charge < -0.3 is 5.11 Å². The Labute approximate surface area is 130 Å². The Hall–Kier alpha value is -1.57. The van der Waals surface area contributed by atoms with E-state index in [9.17, 15) is 4.79 Å². The van der Waals surface area contributed by atoms with Gasteiger partial charge in [0.1, 0.15) is 3.70 Å². The minimum atomic E-state index is -0.891. The van der Waals surface area contributed by atoms with Gasteiger partial charge in [0.05, 0.1) is 24.5 Å². The fourth-order valence-electron chi connectivity index (χ4n) is 2.61. The molecule has 3 rings (SSSR count). The van der Waals surface area contributed by atoms with Crippen molar-refractivity contribution in [2.24, 2.45) is 0 Å². The van der Waals surface area contributed by atoms with Crippen LogP contribution in [0.5, 0.6) is 0 Å². The monoisotopic (exact) mass is 383 g/mol. The molecule has 1 aromatic carbocycles. The molecule has 0 saturated heterocycles. The van der Waals surface area contributed by atoms with Crippen molar-refractivity contribution in [2.75, 3.05) is 0 Å². The van der Waals surface area contributed by atoms with Crippen LogP contribution in [0.3, 0.4) is 0 Å². The number of hydrogen-bond donors (Lipinski definition) is 1. The van der Waals surface area contributed by atoms with E-state index in [-0.39, 0.29) is 0 Å². The van der Waals surface area contributed by atoms with Crippen LogP contribution in [0, 0.1) is 17.5 Å². The van der Waals surface area contributed by atoms with Gasteiger partial charge in [-0.25, -0.2) is 9.48 Å². The molecule has 0 fully saturated rings. The number of hydrogen-bond acceptors (Lipinski definition) is 2. The molecule has 0 aliphatic carbocycles. The van der Waals surface area contributed by atoms with E-state index in [1.807, 2.05) is 10.7 Å². The largest absolute Gasteiger partial charge is 0.465 e. The summed E-state index contributed by atoms with van der Waals surface area (Å²) in [5.41, 5.74) is 5.31. The van der Waals surface area contributed by atoms with Crippen molar-refractivity contribution in [1.82, 2.24) is 14.7 Å². The van der Waals surface area contributed by atoms with E-state index in [1.54, 1.807) is 0 Å². The summed E-state index contributed by atoms with van der Waals surface area (Å²) in [6, 6.07) is 6.16. The van der Waals surface area contributed by atoms with Crippen LogP contribution >= 0.6 is 22.6 Å². The van der Waals surface area contributed by atoms with Crippen LogP contribution in [0.4, 0.5) is 4.79 Å². The minimum Gasteiger partial charge on any atom is -0.465 e. The van der Waals surface area contributed by atoms with Gasteiger partial charge in [-0.15, -0.1) is 0 Å². The third-order valence-electron chi connectivity index (χ3n) is 3.62. The lowest BCUT2D eigenvalue weighted by atomic mass is 10.1. The van der Waals surface area contributed by atoms with Crippen LogP contribution in [0.1, 0.15) is 22.4 Å². The Kier molecular flexibility index (Phi) is 3.19. The maximum Gasteiger partial charge on any atom is 0.407 e. The Morgan fingerprint density at radius 2 is 1.95 bits per heavy atom. The van der Waals surface area contributed by atoms with Gasteiger partial charge in [-0.05, 0) is 47.6 Å². The topological polar surface area (TPSA) is 58.4 Å². The first-order chi connectivity index (χ1) is 9.49. The zero-order chi connectivity index (χ0) is 14.4. The van der Waals surface area contributed by atoms with Gasteiger partial charge in [-0.1, -0.05) is 18.2 Å². The van der Waals surface area contributed by atoms with Crippen LogP contribution in [0.15, 0.2) is 18.2 Å². The van der Waals surface area contributed by atoms with Crippen molar-refractivity contribution in [2.45, 2.75) is 26.9 Å². The fraction of sp³-hybridized carbons (Fsp3) is 0.286. The van der Waals surface area contributed by atoms with E-state index in [0.717, 1.165) is 20.6 Å². The van der Waals surface area contributed by atoms with Crippen LogP contribution in [0.25, 0.3) is 5.69 Å². The van der Waals surface area contributed by atoms with E-state index in [1.165, 1.54) is 16.0 Å². The second-order valence-corrected chi connectivity index (χ2v) is 6.03. The maximum absolute atomic E-state index is 11.0. The summed E-state index contributed by atoms with van der Waals surface area (Å²) < 4.78 is 2.94. The number of para-hydroxylation sites is 1.